The van der Waals surface area contributed by atoms with Crippen molar-refractivity contribution in [1.82, 2.24) is 0 Å². The van der Waals surface area contributed by atoms with E-state index in [1.807, 2.05) is 0 Å². The summed E-state index contributed by atoms with van der Waals surface area (Å²) in [5.74, 6) is 0.567. The lowest BCUT2D eigenvalue weighted by atomic mass is 10.5. The van der Waals surface area contributed by atoms with Gasteiger partial charge in [0, 0.05) is 11.5 Å². The average Bonchev–Trinajstić information content (AvgIpc) is 2.31. The number of carbonyl (C=O) groups is 2. The van der Waals surface area contributed by atoms with Crippen molar-refractivity contribution in [2.75, 3.05) is 11.5 Å². The third-order valence-electron chi connectivity index (χ3n) is 2.01. The lowest BCUT2D eigenvalue weighted by molar-refractivity contribution is -0.145. The maximum absolute atomic E-state index is 11.3. The highest BCUT2D eigenvalue weighted by Crippen LogP contribution is 2.31. The molecule has 0 N–H and O–H groups in total. The molecule has 4 atom stereocenters. The average molecular weight is 329 g/mol. The van der Waals surface area contributed by atoms with E-state index in [-0.39, 0.29) is 22.8 Å². The van der Waals surface area contributed by atoms with Gasteiger partial charge in [-0.3, -0.25) is 9.59 Å². The van der Waals surface area contributed by atoms with Crippen molar-refractivity contribution in [3.05, 3.63) is 0 Å². The Labute approximate surface area is 126 Å². The Morgan fingerprint density at radius 2 is 1.33 bits per heavy atom. The van der Waals surface area contributed by atoms with Crippen LogP contribution in [-0.4, -0.2) is 44.8 Å². The smallest absolute Gasteiger partial charge is 0.319 e. The minimum atomic E-state index is -0.420. The van der Waals surface area contributed by atoms with Crippen molar-refractivity contribution in [3.8, 4) is 0 Å². The topological polar surface area (TPSA) is 52.6 Å². The second-order valence-electron chi connectivity index (χ2n) is 3.75. The van der Waals surface area contributed by atoms with Gasteiger partial charge in [-0.15, -0.1) is 23.5 Å². The van der Waals surface area contributed by atoms with Gasteiger partial charge in [0.1, 0.15) is 0 Å². The van der Waals surface area contributed by atoms with Crippen molar-refractivity contribution < 1.29 is 19.1 Å². The summed E-state index contributed by atoms with van der Waals surface area (Å²) in [6.45, 7) is 3.34. The summed E-state index contributed by atoms with van der Waals surface area (Å²) in [6.07, 6.45) is 0. The van der Waals surface area contributed by atoms with Crippen LogP contribution >= 0.6 is 48.8 Å². The number of thioether (sulfide) groups is 2. The van der Waals surface area contributed by atoms with Crippen molar-refractivity contribution in [3.63, 3.8) is 0 Å². The Bertz CT molecular complexity index is 270. The molecule has 0 amide bonds. The van der Waals surface area contributed by atoms with Crippen LogP contribution in [0, 0.1) is 0 Å². The maximum atomic E-state index is 11.3. The maximum Gasteiger partial charge on any atom is 0.319 e. The third kappa shape index (κ3) is 5.54. The molecule has 1 aliphatic rings. The van der Waals surface area contributed by atoms with Crippen molar-refractivity contribution in [2.24, 2.45) is 0 Å². The second-order valence-corrected chi connectivity index (χ2v) is 7.69. The first-order chi connectivity index (χ1) is 8.40. The van der Waals surface area contributed by atoms with Crippen LogP contribution in [0.2, 0.25) is 0 Å². The van der Waals surface area contributed by atoms with E-state index >= 15 is 0 Å². The molecule has 0 spiro atoms. The Morgan fingerprint density at radius 3 is 1.56 bits per heavy atom. The molecule has 1 saturated heterocycles. The molecule has 18 heavy (non-hydrogen) atoms. The minimum Gasteiger partial charge on any atom is -0.450 e. The van der Waals surface area contributed by atoms with Crippen LogP contribution in [0.1, 0.15) is 13.8 Å². The molecule has 104 valence electrons. The van der Waals surface area contributed by atoms with Gasteiger partial charge in [0.25, 0.3) is 0 Å². The number of hydrogen-bond donors (Lipinski definition) is 2. The van der Waals surface area contributed by atoms with Crippen LogP contribution in [0.15, 0.2) is 0 Å². The zero-order valence-corrected chi connectivity index (χ0v) is 13.5. The summed E-state index contributed by atoms with van der Waals surface area (Å²) in [4.78, 5) is 22.7. The van der Waals surface area contributed by atoms with Gasteiger partial charge in [0.15, 0.2) is 10.9 Å². The normalized spacial score (nSPS) is 27.1. The van der Waals surface area contributed by atoms with Crippen LogP contribution in [0.3, 0.4) is 0 Å². The third-order valence-corrected chi connectivity index (χ3v) is 5.12. The van der Waals surface area contributed by atoms with E-state index in [9.17, 15) is 9.59 Å². The van der Waals surface area contributed by atoms with Crippen LogP contribution in [0.4, 0.5) is 0 Å². The molecule has 0 bridgehead atoms. The molecule has 0 aromatic heterocycles. The molecule has 8 heteroatoms. The molecule has 1 aliphatic heterocycles. The van der Waals surface area contributed by atoms with E-state index in [1.54, 1.807) is 13.8 Å². The second kappa shape index (κ2) is 7.81. The number of thiol groups is 2. The summed E-state index contributed by atoms with van der Waals surface area (Å²) < 4.78 is 10.4. The Balaban J connectivity index is 2.28. The Kier molecular flexibility index (Phi) is 7.12. The predicted molar refractivity (Wildman–Crippen MR) is 81.6 cm³/mol. The van der Waals surface area contributed by atoms with Gasteiger partial charge in [-0.05, 0) is 13.8 Å². The van der Waals surface area contributed by atoms with Gasteiger partial charge in [-0.2, -0.15) is 25.3 Å². The molecule has 0 radical (unpaired) electrons. The molecule has 0 saturated carbocycles. The predicted octanol–water partition coefficient (Wildman–Crippen LogP) is 1.84. The fourth-order valence-corrected chi connectivity index (χ4v) is 3.63. The first-order valence-corrected chi connectivity index (χ1v) is 8.53. The number of ether oxygens (including phenoxy) is 2. The number of esters is 2. The summed E-state index contributed by atoms with van der Waals surface area (Å²) in [7, 11) is 0. The zero-order chi connectivity index (χ0) is 13.7. The quantitative estimate of drug-likeness (QED) is 0.607. The van der Waals surface area contributed by atoms with E-state index in [2.05, 4.69) is 25.3 Å². The molecule has 0 aromatic carbocycles. The van der Waals surface area contributed by atoms with Crippen molar-refractivity contribution >= 4 is 60.7 Å². The Hall–Kier alpha value is 0.340. The molecule has 1 heterocycles. The fraction of sp³-hybridized carbons (Fsp3) is 0.800. The van der Waals surface area contributed by atoms with Gasteiger partial charge in [0.05, 0.1) is 10.5 Å². The number of hydrogen-bond acceptors (Lipinski definition) is 8. The minimum absolute atomic E-state index is 0.194. The van der Waals surface area contributed by atoms with Gasteiger partial charge in [-0.1, -0.05) is 0 Å². The standard InChI is InChI=1S/C10H16O4S4/c1-5(15)9(11)13-7-3-18-8(4-17-7)14-10(12)6(2)16/h5-8,15-16H,3-4H2,1-2H3. The van der Waals surface area contributed by atoms with Gasteiger partial charge < -0.3 is 9.47 Å². The molecule has 1 fully saturated rings. The van der Waals surface area contributed by atoms with Gasteiger partial charge >= 0.3 is 11.9 Å². The van der Waals surface area contributed by atoms with Gasteiger partial charge in [0.2, 0.25) is 0 Å². The number of rotatable bonds is 4. The fourth-order valence-electron chi connectivity index (χ4n) is 1.06. The molecule has 4 nitrogen and oxygen atoms in total. The molecular weight excluding hydrogens is 312 g/mol. The van der Waals surface area contributed by atoms with E-state index in [4.69, 9.17) is 9.47 Å². The van der Waals surface area contributed by atoms with E-state index in [1.165, 1.54) is 23.5 Å². The van der Waals surface area contributed by atoms with Crippen molar-refractivity contribution in [2.45, 2.75) is 35.2 Å². The highest BCUT2D eigenvalue weighted by molar-refractivity contribution is 8.06. The van der Waals surface area contributed by atoms with E-state index in [0.29, 0.717) is 11.5 Å². The summed E-state index contributed by atoms with van der Waals surface area (Å²) in [5.41, 5.74) is -0.388. The molecule has 0 aliphatic carbocycles. The molecule has 4 unspecified atom stereocenters. The lowest BCUT2D eigenvalue weighted by Gasteiger charge is -2.27. The van der Waals surface area contributed by atoms with Crippen LogP contribution < -0.4 is 0 Å². The molecule has 1 rings (SSSR count). The number of carbonyl (C=O) groups excluding carboxylic acids is 2. The summed E-state index contributed by atoms with van der Waals surface area (Å²) >= 11 is 11.0. The van der Waals surface area contributed by atoms with Crippen LogP contribution in [0.25, 0.3) is 0 Å². The SMILES string of the molecule is CC(S)C(=O)OC1CSC(OC(=O)C(C)S)CS1. The zero-order valence-electron chi connectivity index (χ0n) is 10.1. The van der Waals surface area contributed by atoms with Gasteiger partial charge in [-0.25, -0.2) is 0 Å². The summed E-state index contributed by atoms with van der Waals surface area (Å²) in [5, 5.41) is -0.840. The molecule has 0 aromatic rings. The van der Waals surface area contributed by atoms with Crippen LogP contribution in [0.5, 0.6) is 0 Å². The Morgan fingerprint density at radius 1 is 1.00 bits per heavy atom. The van der Waals surface area contributed by atoms with Crippen molar-refractivity contribution in [1.29, 1.82) is 0 Å². The first-order valence-electron chi connectivity index (χ1n) is 5.40. The molecular formula is C10H16O4S4. The van der Waals surface area contributed by atoms with E-state index < -0.39 is 10.5 Å². The highest BCUT2D eigenvalue weighted by Gasteiger charge is 2.28. The monoisotopic (exact) mass is 328 g/mol. The van der Waals surface area contributed by atoms with E-state index in [0.717, 1.165) is 0 Å². The highest BCUT2D eigenvalue weighted by atomic mass is 32.2. The first kappa shape index (κ1) is 16.4. The largest absolute Gasteiger partial charge is 0.450 e. The summed E-state index contributed by atoms with van der Waals surface area (Å²) in [6, 6.07) is 0. The lowest BCUT2D eigenvalue weighted by Crippen LogP contribution is -2.31. The van der Waals surface area contributed by atoms with Crippen LogP contribution in [-0.2, 0) is 19.1 Å².